The molecule has 1 aromatic heterocycles. The average Bonchev–Trinajstić information content (AvgIpc) is 2.61. The first kappa shape index (κ1) is 16.3. The molecule has 1 N–H and O–H groups in total. The van der Waals surface area contributed by atoms with Crippen molar-refractivity contribution in [3.05, 3.63) is 65.9 Å². The standard InChI is InChI=1S/C20H22N2O2/c1-15-13-18(17-9-6-10-19(24-2)20(17)21-15)22(11-12-23)14-16-7-4-3-5-8-16/h3-10,13,23H,11-12,14H2,1-2H3. The van der Waals surface area contributed by atoms with E-state index in [1.807, 2.05) is 37.3 Å². The third-order valence-corrected chi connectivity index (χ3v) is 4.06. The summed E-state index contributed by atoms with van der Waals surface area (Å²) in [6.07, 6.45) is 0. The maximum atomic E-state index is 9.54. The number of methoxy groups -OCH3 is 1. The second-order valence-electron chi connectivity index (χ2n) is 5.77. The first-order valence-electron chi connectivity index (χ1n) is 8.07. The van der Waals surface area contributed by atoms with Gasteiger partial charge in [0.1, 0.15) is 11.3 Å². The fourth-order valence-electron chi connectivity index (χ4n) is 2.96. The molecule has 0 spiro atoms. The van der Waals surface area contributed by atoms with Gasteiger partial charge in [-0.25, -0.2) is 4.98 Å². The van der Waals surface area contributed by atoms with Gasteiger partial charge in [-0.3, -0.25) is 0 Å². The fourth-order valence-corrected chi connectivity index (χ4v) is 2.96. The lowest BCUT2D eigenvalue weighted by atomic mass is 10.1. The van der Waals surface area contributed by atoms with Crippen molar-refractivity contribution in [1.29, 1.82) is 0 Å². The quantitative estimate of drug-likeness (QED) is 0.754. The van der Waals surface area contributed by atoms with E-state index < -0.39 is 0 Å². The zero-order valence-electron chi connectivity index (χ0n) is 14.1. The third kappa shape index (κ3) is 3.34. The number of ether oxygens (including phenoxy) is 1. The Bertz CT molecular complexity index is 818. The van der Waals surface area contributed by atoms with Gasteiger partial charge in [0.05, 0.1) is 13.7 Å². The molecule has 4 nitrogen and oxygen atoms in total. The van der Waals surface area contributed by atoms with Crippen LogP contribution in [0.4, 0.5) is 5.69 Å². The first-order chi connectivity index (χ1) is 11.7. The first-order valence-corrected chi connectivity index (χ1v) is 8.07. The molecule has 3 rings (SSSR count). The molecule has 3 aromatic rings. The van der Waals surface area contributed by atoms with Gasteiger partial charge in [-0.1, -0.05) is 42.5 Å². The number of benzene rings is 2. The molecule has 4 heteroatoms. The molecule has 1 heterocycles. The fraction of sp³-hybridized carbons (Fsp3) is 0.250. The molecule has 0 unspecified atom stereocenters. The Morgan fingerprint density at radius 2 is 1.88 bits per heavy atom. The normalized spacial score (nSPS) is 10.8. The Labute approximate surface area is 142 Å². The molecule has 124 valence electrons. The van der Waals surface area contributed by atoms with Gasteiger partial charge < -0.3 is 14.7 Å². The number of aliphatic hydroxyl groups is 1. The molecule has 0 atom stereocenters. The SMILES string of the molecule is COc1cccc2c(N(CCO)Cc3ccccc3)cc(C)nc12. The number of anilines is 1. The number of fused-ring (bicyclic) bond motifs is 1. The molecule has 0 aliphatic heterocycles. The van der Waals surface area contributed by atoms with E-state index in [0.717, 1.165) is 34.6 Å². The van der Waals surface area contributed by atoms with Crippen LogP contribution < -0.4 is 9.64 Å². The molecule has 0 fully saturated rings. The van der Waals surface area contributed by atoms with E-state index in [1.165, 1.54) is 5.56 Å². The maximum absolute atomic E-state index is 9.54. The van der Waals surface area contributed by atoms with E-state index in [1.54, 1.807) is 7.11 Å². The summed E-state index contributed by atoms with van der Waals surface area (Å²) in [5.74, 6) is 0.765. The molecule has 0 bridgehead atoms. The molecular weight excluding hydrogens is 300 g/mol. The lowest BCUT2D eigenvalue weighted by Crippen LogP contribution is -2.26. The van der Waals surface area contributed by atoms with Crippen molar-refractivity contribution in [2.24, 2.45) is 0 Å². The van der Waals surface area contributed by atoms with Crippen molar-refractivity contribution < 1.29 is 9.84 Å². The number of hydrogen-bond donors (Lipinski definition) is 1. The number of rotatable bonds is 6. The predicted octanol–water partition coefficient (Wildman–Crippen LogP) is 3.55. The average molecular weight is 322 g/mol. The number of pyridine rings is 1. The zero-order chi connectivity index (χ0) is 16.9. The van der Waals surface area contributed by atoms with E-state index in [9.17, 15) is 5.11 Å². The van der Waals surface area contributed by atoms with Crippen molar-refractivity contribution in [3.8, 4) is 5.75 Å². The molecule has 0 aliphatic rings. The smallest absolute Gasteiger partial charge is 0.145 e. The van der Waals surface area contributed by atoms with E-state index in [2.05, 4.69) is 34.1 Å². The van der Waals surface area contributed by atoms with Crippen LogP contribution in [0.3, 0.4) is 0 Å². The van der Waals surface area contributed by atoms with E-state index in [4.69, 9.17) is 4.74 Å². The topological polar surface area (TPSA) is 45.6 Å². The molecular formula is C20H22N2O2. The van der Waals surface area contributed by atoms with Crippen LogP contribution in [0.2, 0.25) is 0 Å². The molecule has 2 aromatic carbocycles. The molecule has 0 amide bonds. The summed E-state index contributed by atoms with van der Waals surface area (Å²) in [6, 6.07) is 18.3. The van der Waals surface area contributed by atoms with Crippen LogP contribution >= 0.6 is 0 Å². The van der Waals surface area contributed by atoms with Gasteiger partial charge in [0, 0.05) is 29.9 Å². The Morgan fingerprint density at radius 3 is 2.58 bits per heavy atom. The van der Waals surface area contributed by atoms with Crippen LogP contribution in [0.5, 0.6) is 5.75 Å². The predicted molar refractivity (Wildman–Crippen MR) is 97.6 cm³/mol. The van der Waals surface area contributed by atoms with Gasteiger partial charge in [-0.15, -0.1) is 0 Å². The zero-order valence-corrected chi connectivity index (χ0v) is 14.1. The lowest BCUT2D eigenvalue weighted by molar-refractivity contribution is 0.301. The highest BCUT2D eigenvalue weighted by Gasteiger charge is 2.14. The lowest BCUT2D eigenvalue weighted by Gasteiger charge is -2.26. The van der Waals surface area contributed by atoms with E-state index >= 15 is 0 Å². The summed E-state index contributed by atoms with van der Waals surface area (Å²) in [5, 5.41) is 10.6. The highest BCUT2D eigenvalue weighted by atomic mass is 16.5. The molecule has 0 aliphatic carbocycles. The number of aliphatic hydroxyl groups excluding tert-OH is 1. The van der Waals surface area contributed by atoms with Crippen LogP contribution in [-0.2, 0) is 6.54 Å². The number of aromatic nitrogens is 1. The van der Waals surface area contributed by atoms with Gasteiger partial charge in [-0.05, 0) is 24.6 Å². The van der Waals surface area contributed by atoms with Crippen LogP contribution in [0.25, 0.3) is 10.9 Å². The Balaban J connectivity index is 2.10. The van der Waals surface area contributed by atoms with Gasteiger partial charge >= 0.3 is 0 Å². The van der Waals surface area contributed by atoms with Crippen LogP contribution in [0.1, 0.15) is 11.3 Å². The van der Waals surface area contributed by atoms with Crippen LogP contribution in [-0.4, -0.2) is 30.4 Å². The van der Waals surface area contributed by atoms with Crippen LogP contribution in [0, 0.1) is 6.92 Å². The molecule has 24 heavy (non-hydrogen) atoms. The third-order valence-electron chi connectivity index (χ3n) is 4.06. The highest BCUT2D eigenvalue weighted by Crippen LogP contribution is 2.32. The van der Waals surface area contributed by atoms with Crippen LogP contribution in [0.15, 0.2) is 54.6 Å². The number of para-hydroxylation sites is 1. The second-order valence-corrected chi connectivity index (χ2v) is 5.77. The van der Waals surface area contributed by atoms with Crippen molar-refractivity contribution in [2.45, 2.75) is 13.5 Å². The number of hydrogen-bond acceptors (Lipinski definition) is 4. The van der Waals surface area contributed by atoms with Gasteiger partial charge in [0.15, 0.2) is 0 Å². The van der Waals surface area contributed by atoms with Crippen molar-refractivity contribution in [2.75, 3.05) is 25.2 Å². The Hall–Kier alpha value is -2.59. The summed E-state index contributed by atoms with van der Waals surface area (Å²) in [6.45, 7) is 3.37. The number of aryl methyl sites for hydroxylation is 1. The molecule has 0 saturated heterocycles. The summed E-state index contributed by atoms with van der Waals surface area (Å²) in [5.41, 5.74) is 4.05. The summed E-state index contributed by atoms with van der Waals surface area (Å²) < 4.78 is 5.47. The summed E-state index contributed by atoms with van der Waals surface area (Å²) in [4.78, 5) is 6.83. The highest BCUT2D eigenvalue weighted by molar-refractivity contribution is 5.95. The van der Waals surface area contributed by atoms with Crippen molar-refractivity contribution in [3.63, 3.8) is 0 Å². The maximum Gasteiger partial charge on any atom is 0.145 e. The minimum Gasteiger partial charge on any atom is -0.494 e. The number of nitrogens with zero attached hydrogens (tertiary/aromatic N) is 2. The van der Waals surface area contributed by atoms with Crippen molar-refractivity contribution in [1.82, 2.24) is 4.98 Å². The molecule has 0 saturated carbocycles. The Kier molecular flexibility index (Phi) is 4.96. The molecule has 0 radical (unpaired) electrons. The van der Waals surface area contributed by atoms with E-state index in [0.29, 0.717) is 6.54 Å². The van der Waals surface area contributed by atoms with E-state index in [-0.39, 0.29) is 6.61 Å². The van der Waals surface area contributed by atoms with Crippen molar-refractivity contribution >= 4 is 16.6 Å². The Morgan fingerprint density at radius 1 is 1.08 bits per heavy atom. The van der Waals surface area contributed by atoms with Gasteiger partial charge in [-0.2, -0.15) is 0 Å². The minimum atomic E-state index is 0.0969. The second kappa shape index (κ2) is 7.32. The monoisotopic (exact) mass is 322 g/mol. The minimum absolute atomic E-state index is 0.0969. The van der Waals surface area contributed by atoms with Gasteiger partial charge in [0.25, 0.3) is 0 Å². The summed E-state index contributed by atoms with van der Waals surface area (Å²) >= 11 is 0. The largest absolute Gasteiger partial charge is 0.494 e. The van der Waals surface area contributed by atoms with Gasteiger partial charge in [0.2, 0.25) is 0 Å². The summed E-state index contributed by atoms with van der Waals surface area (Å²) in [7, 11) is 1.66.